The molecule has 3 N–H and O–H groups in total. The van der Waals surface area contributed by atoms with Gasteiger partial charge in [0, 0.05) is 25.4 Å². The smallest absolute Gasteiger partial charge is 0.321 e. The molecule has 0 aromatic rings. The molecule has 114 valence electrons. The van der Waals surface area contributed by atoms with Crippen molar-refractivity contribution >= 4 is 17.9 Å². The number of hydrogen-bond acceptors (Lipinski definition) is 4. The molecule has 3 amide bonds. The van der Waals surface area contributed by atoms with Crippen molar-refractivity contribution in [3.05, 3.63) is 0 Å². The molecular weight excluding hydrogens is 262 g/mol. The number of carboxylic acids is 1. The summed E-state index contributed by atoms with van der Waals surface area (Å²) in [4.78, 5) is 35.5. The van der Waals surface area contributed by atoms with Crippen LogP contribution >= 0.6 is 0 Å². The number of nitrogens with zero attached hydrogens (tertiary/aromatic N) is 1. The molecule has 1 rings (SSSR count). The molecule has 0 bridgehead atoms. The highest BCUT2D eigenvalue weighted by Gasteiger charge is 2.19. The van der Waals surface area contributed by atoms with E-state index in [2.05, 4.69) is 15.5 Å². The van der Waals surface area contributed by atoms with Gasteiger partial charge in [0.05, 0.1) is 0 Å². The highest BCUT2D eigenvalue weighted by molar-refractivity contribution is 5.94. The van der Waals surface area contributed by atoms with Gasteiger partial charge in [-0.1, -0.05) is 0 Å². The molecule has 0 aromatic heterocycles. The number of piperidine rings is 1. The zero-order valence-electron chi connectivity index (χ0n) is 11.9. The lowest BCUT2D eigenvalue weighted by Gasteiger charge is -2.30. The van der Waals surface area contributed by atoms with E-state index in [9.17, 15) is 14.4 Å². The zero-order chi connectivity index (χ0) is 15.0. The molecule has 1 atom stereocenters. The fraction of sp³-hybridized carbons (Fsp3) is 0.769. The number of urea groups is 1. The summed E-state index contributed by atoms with van der Waals surface area (Å²) in [6.45, 7) is 1.82. The standard InChI is InChI=1S/C13H23N3O4/c1-16-8-4-5-10(9-16)14-13(20)15-11(17)6-2-3-7-12(18)19/h10H,2-9H2,1H3,(H,18,19)(H2,14,15,17,20). The van der Waals surface area contributed by atoms with E-state index in [-0.39, 0.29) is 24.8 Å². The number of likely N-dealkylation sites (tertiary alicyclic amines) is 1. The first kappa shape index (κ1) is 16.4. The third-order valence-corrected chi connectivity index (χ3v) is 3.26. The van der Waals surface area contributed by atoms with Crippen molar-refractivity contribution in [2.24, 2.45) is 0 Å². The SMILES string of the molecule is CN1CCCC(NC(=O)NC(=O)CCCCC(=O)O)C1. The first-order chi connectivity index (χ1) is 9.47. The van der Waals surface area contributed by atoms with Crippen molar-refractivity contribution in [2.75, 3.05) is 20.1 Å². The predicted molar refractivity (Wildman–Crippen MR) is 73.3 cm³/mol. The molecule has 1 aliphatic heterocycles. The Morgan fingerprint density at radius 1 is 1.25 bits per heavy atom. The molecule has 7 nitrogen and oxygen atoms in total. The minimum atomic E-state index is -0.871. The predicted octanol–water partition coefficient (Wildman–Crippen LogP) is 0.551. The van der Waals surface area contributed by atoms with E-state index in [0.717, 1.165) is 25.9 Å². The number of hydrogen-bond donors (Lipinski definition) is 3. The maximum atomic E-state index is 11.6. The van der Waals surface area contributed by atoms with Gasteiger partial charge in [-0.3, -0.25) is 14.9 Å². The fourth-order valence-corrected chi connectivity index (χ4v) is 2.26. The van der Waals surface area contributed by atoms with Crippen LogP contribution in [-0.4, -0.2) is 54.1 Å². The van der Waals surface area contributed by atoms with Crippen molar-refractivity contribution in [3.8, 4) is 0 Å². The third-order valence-electron chi connectivity index (χ3n) is 3.26. The number of unbranched alkanes of at least 4 members (excludes halogenated alkanes) is 1. The summed E-state index contributed by atoms with van der Waals surface area (Å²) in [5, 5.41) is 13.5. The lowest BCUT2D eigenvalue weighted by molar-refractivity contribution is -0.137. The van der Waals surface area contributed by atoms with Crippen LogP contribution < -0.4 is 10.6 Å². The molecule has 7 heteroatoms. The molecular formula is C13H23N3O4. The summed E-state index contributed by atoms with van der Waals surface area (Å²) in [5.41, 5.74) is 0. The molecule has 1 saturated heterocycles. The van der Waals surface area contributed by atoms with Crippen LogP contribution in [0.4, 0.5) is 4.79 Å². The Bertz CT molecular complexity index is 360. The molecule has 1 aliphatic rings. The van der Waals surface area contributed by atoms with Crippen molar-refractivity contribution in [1.82, 2.24) is 15.5 Å². The van der Waals surface area contributed by atoms with Gasteiger partial charge in [0.25, 0.3) is 0 Å². The molecule has 0 aliphatic carbocycles. The molecule has 1 heterocycles. The normalized spacial score (nSPS) is 19.4. The van der Waals surface area contributed by atoms with Crippen LogP contribution in [-0.2, 0) is 9.59 Å². The largest absolute Gasteiger partial charge is 0.481 e. The van der Waals surface area contributed by atoms with Gasteiger partial charge in [0.1, 0.15) is 0 Å². The van der Waals surface area contributed by atoms with E-state index in [0.29, 0.717) is 12.8 Å². The average molecular weight is 285 g/mol. The molecule has 1 unspecified atom stereocenters. The quantitative estimate of drug-likeness (QED) is 0.619. The first-order valence-electron chi connectivity index (χ1n) is 6.98. The number of carbonyl (C=O) groups excluding carboxylic acids is 2. The van der Waals surface area contributed by atoms with Crippen LogP contribution in [0.5, 0.6) is 0 Å². The van der Waals surface area contributed by atoms with Gasteiger partial charge in [0.15, 0.2) is 0 Å². The van der Waals surface area contributed by atoms with E-state index in [1.165, 1.54) is 0 Å². The van der Waals surface area contributed by atoms with E-state index in [1.54, 1.807) is 0 Å². The van der Waals surface area contributed by atoms with Crippen molar-refractivity contribution in [3.63, 3.8) is 0 Å². The number of amides is 3. The molecule has 0 radical (unpaired) electrons. The summed E-state index contributed by atoms with van der Waals surface area (Å²) in [6, 6.07) is -0.387. The van der Waals surface area contributed by atoms with Gasteiger partial charge in [-0.2, -0.15) is 0 Å². The molecule has 0 spiro atoms. The second-order valence-corrected chi connectivity index (χ2v) is 5.22. The maximum absolute atomic E-state index is 11.6. The van der Waals surface area contributed by atoms with Crippen molar-refractivity contribution in [1.29, 1.82) is 0 Å². The Morgan fingerprint density at radius 3 is 2.60 bits per heavy atom. The van der Waals surface area contributed by atoms with Crippen LogP contribution in [0.2, 0.25) is 0 Å². The van der Waals surface area contributed by atoms with Gasteiger partial charge >= 0.3 is 12.0 Å². The Balaban J connectivity index is 2.14. The lowest BCUT2D eigenvalue weighted by atomic mass is 10.1. The van der Waals surface area contributed by atoms with Crippen LogP contribution in [0, 0.1) is 0 Å². The first-order valence-corrected chi connectivity index (χ1v) is 6.98. The molecule has 20 heavy (non-hydrogen) atoms. The van der Waals surface area contributed by atoms with E-state index >= 15 is 0 Å². The van der Waals surface area contributed by atoms with Gasteiger partial charge in [-0.25, -0.2) is 4.79 Å². The van der Waals surface area contributed by atoms with E-state index in [4.69, 9.17) is 5.11 Å². The van der Waals surface area contributed by atoms with Crippen molar-refractivity contribution < 1.29 is 19.5 Å². The minimum absolute atomic E-state index is 0.0495. The Hall–Kier alpha value is -1.63. The Labute approximate surface area is 118 Å². The minimum Gasteiger partial charge on any atom is -0.481 e. The number of imide groups is 1. The Kier molecular flexibility index (Phi) is 7.00. The number of carbonyl (C=O) groups is 3. The summed E-state index contributed by atoms with van der Waals surface area (Å²) >= 11 is 0. The van der Waals surface area contributed by atoms with Gasteiger partial charge in [0.2, 0.25) is 5.91 Å². The third kappa shape index (κ3) is 7.08. The number of carboxylic acid groups (broad SMARTS) is 1. The second-order valence-electron chi connectivity index (χ2n) is 5.22. The average Bonchev–Trinajstić information content (AvgIpc) is 2.34. The fourth-order valence-electron chi connectivity index (χ4n) is 2.26. The molecule has 0 saturated carbocycles. The van der Waals surface area contributed by atoms with Crippen LogP contribution in [0.3, 0.4) is 0 Å². The van der Waals surface area contributed by atoms with Crippen LogP contribution in [0.1, 0.15) is 38.5 Å². The summed E-state index contributed by atoms with van der Waals surface area (Å²) < 4.78 is 0. The number of nitrogens with one attached hydrogen (secondary N) is 2. The number of likely N-dealkylation sites (N-methyl/N-ethyl adjacent to an activating group) is 1. The topological polar surface area (TPSA) is 98.7 Å². The lowest BCUT2D eigenvalue weighted by Crippen LogP contribution is -2.50. The zero-order valence-corrected chi connectivity index (χ0v) is 11.9. The summed E-state index contributed by atoms with van der Waals surface area (Å²) in [7, 11) is 2.00. The molecule has 1 fully saturated rings. The van der Waals surface area contributed by atoms with Crippen LogP contribution in [0.25, 0.3) is 0 Å². The summed E-state index contributed by atoms with van der Waals surface area (Å²) in [5.74, 6) is -1.23. The summed E-state index contributed by atoms with van der Waals surface area (Å²) in [6.07, 6.45) is 3.09. The number of rotatable bonds is 6. The van der Waals surface area contributed by atoms with Crippen molar-refractivity contribution in [2.45, 2.75) is 44.6 Å². The van der Waals surface area contributed by atoms with E-state index < -0.39 is 12.0 Å². The maximum Gasteiger partial charge on any atom is 0.321 e. The highest BCUT2D eigenvalue weighted by atomic mass is 16.4. The van der Waals surface area contributed by atoms with Gasteiger partial charge in [-0.15, -0.1) is 0 Å². The van der Waals surface area contributed by atoms with Crippen LogP contribution in [0.15, 0.2) is 0 Å². The van der Waals surface area contributed by atoms with Gasteiger partial charge in [-0.05, 0) is 39.3 Å². The van der Waals surface area contributed by atoms with E-state index in [1.807, 2.05) is 7.05 Å². The second kappa shape index (κ2) is 8.52. The Morgan fingerprint density at radius 2 is 1.95 bits per heavy atom. The molecule has 0 aromatic carbocycles. The van der Waals surface area contributed by atoms with Gasteiger partial charge < -0.3 is 15.3 Å². The number of aliphatic carboxylic acids is 1. The monoisotopic (exact) mass is 285 g/mol. The highest BCUT2D eigenvalue weighted by Crippen LogP contribution is 2.07.